The van der Waals surface area contributed by atoms with Crippen molar-refractivity contribution in [2.75, 3.05) is 13.1 Å². The molecule has 18 heavy (non-hydrogen) atoms. The summed E-state index contributed by atoms with van der Waals surface area (Å²) >= 11 is 0. The predicted octanol–water partition coefficient (Wildman–Crippen LogP) is 2.81. The Labute approximate surface area is 111 Å². The van der Waals surface area contributed by atoms with Gasteiger partial charge < -0.3 is 5.73 Å². The Morgan fingerprint density at radius 2 is 1.89 bits per heavy atom. The summed E-state index contributed by atoms with van der Waals surface area (Å²) in [4.78, 5) is 2.63. The molecule has 0 saturated carbocycles. The Hall–Kier alpha value is -0.860. The Balaban J connectivity index is 2.07. The van der Waals surface area contributed by atoms with Crippen LogP contribution in [0.1, 0.15) is 37.8 Å². The van der Waals surface area contributed by atoms with E-state index in [4.69, 9.17) is 5.73 Å². The van der Waals surface area contributed by atoms with Gasteiger partial charge >= 0.3 is 0 Å². The molecule has 0 radical (unpaired) electrons. The molecule has 0 aliphatic carbocycles. The van der Waals surface area contributed by atoms with Crippen LogP contribution in [0, 0.1) is 5.92 Å². The molecule has 2 N–H and O–H groups in total. The topological polar surface area (TPSA) is 29.3 Å². The van der Waals surface area contributed by atoms with Crippen LogP contribution in [0.25, 0.3) is 0 Å². The average molecular weight is 246 g/mol. The van der Waals surface area contributed by atoms with Crippen molar-refractivity contribution >= 4 is 0 Å². The largest absolute Gasteiger partial charge is 0.330 e. The van der Waals surface area contributed by atoms with Crippen molar-refractivity contribution in [1.29, 1.82) is 0 Å². The van der Waals surface area contributed by atoms with Gasteiger partial charge in [0, 0.05) is 19.1 Å². The second-order valence-corrected chi connectivity index (χ2v) is 5.77. The summed E-state index contributed by atoms with van der Waals surface area (Å²) in [5.74, 6) is 0.836. The lowest BCUT2D eigenvalue weighted by molar-refractivity contribution is 0.117. The summed E-state index contributed by atoms with van der Waals surface area (Å²) in [6, 6.07) is 9.47. The summed E-state index contributed by atoms with van der Waals surface area (Å²) in [5, 5.41) is 0. The van der Waals surface area contributed by atoms with Crippen molar-refractivity contribution in [1.82, 2.24) is 4.90 Å². The predicted molar refractivity (Wildman–Crippen MR) is 77.5 cm³/mol. The minimum absolute atomic E-state index is 0.715. The molecule has 2 heteroatoms. The summed E-state index contributed by atoms with van der Waals surface area (Å²) in [6.07, 6.45) is 3.70. The third-order valence-electron chi connectivity index (χ3n) is 4.15. The molecule has 1 aliphatic heterocycles. The van der Waals surface area contributed by atoms with Crippen molar-refractivity contribution < 1.29 is 0 Å². The molecule has 100 valence electrons. The van der Waals surface area contributed by atoms with Gasteiger partial charge in [-0.1, -0.05) is 31.2 Å². The van der Waals surface area contributed by atoms with Crippen molar-refractivity contribution in [3.8, 4) is 0 Å². The van der Waals surface area contributed by atoms with Gasteiger partial charge in [0.2, 0.25) is 0 Å². The summed E-state index contributed by atoms with van der Waals surface area (Å²) in [5.41, 5.74) is 8.58. The number of benzene rings is 1. The number of nitrogens with two attached hydrogens (primary N) is 1. The van der Waals surface area contributed by atoms with Gasteiger partial charge in [-0.2, -0.15) is 0 Å². The third kappa shape index (κ3) is 3.33. The first kappa shape index (κ1) is 13.6. The fraction of sp³-hybridized carbons (Fsp3) is 0.625. The van der Waals surface area contributed by atoms with E-state index < -0.39 is 0 Å². The minimum atomic E-state index is 0.715. The number of piperidine rings is 1. The van der Waals surface area contributed by atoms with Gasteiger partial charge in [0.25, 0.3) is 0 Å². The smallest absolute Gasteiger partial charge is 0.0239 e. The van der Waals surface area contributed by atoms with Gasteiger partial charge in [0.1, 0.15) is 0 Å². The number of likely N-dealkylation sites (tertiary alicyclic amines) is 1. The second-order valence-electron chi connectivity index (χ2n) is 5.77. The van der Waals surface area contributed by atoms with Gasteiger partial charge in [-0.15, -0.1) is 0 Å². The molecule has 0 spiro atoms. The first-order chi connectivity index (χ1) is 8.70. The molecule has 2 atom stereocenters. The maximum atomic E-state index is 5.70. The Morgan fingerprint density at radius 3 is 2.61 bits per heavy atom. The van der Waals surface area contributed by atoms with Crippen LogP contribution in [0.5, 0.6) is 0 Å². The van der Waals surface area contributed by atoms with Crippen LogP contribution >= 0.6 is 0 Å². The molecule has 2 rings (SSSR count). The number of rotatable bonds is 4. The number of nitrogens with zero attached hydrogens (tertiary/aromatic N) is 1. The van der Waals surface area contributed by atoms with Gasteiger partial charge in [0.05, 0.1) is 0 Å². The van der Waals surface area contributed by atoms with E-state index in [-0.39, 0.29) is 0 Å². The first-order valence-electron chi connectivity index (χ1n) is 7.21. The molecule has 1 fully saturated rings. The number of hydrogen-bond donors (Lipinski definition) is 1. The zero-order valence-corrected chi connectivity index (χ0v) is 11.7. The van der Waals surface area contributed by atoms with E-state index in [1.165, 1.54) is 30.5 Å². The molecule has 0 amide bonds. The van der Waals surface area contributed by atoms with Gasteiger partial charge in [-0.25, -0.2) is 0 Å². The van der Waals surface area contributed by atoms with E-state index in [0.717, 1.165) is 25.4 Å². The molecular weight excluding hydrogens is 220 g/mol. The van der Waals surface area contributed by atoms with E-state index in [9.17, 15) is 0 Å². The van der Waals surface area contributed by atoms with Crippen LogP contribution in [-0.2, 0) is 13.0 Å². The highest BCUT2D eigenvalue weighted by Gasteiger charge is 2.23. The first-order valence-corrected chi connectivity index (χ1v) is 7.21. The fourth-order valence-electron chi connectivity index (χ4n) is 2.93. The van der Waals surface area contributed by atoms with Crippen LogP contribution in [0.3, 0.4) is 0 Å². The molecule has 1 aliphatic rings. The molecular formula is C16H26N2. The van der Waals surface area contributed by atoms with Crippen LogP contribution < -0.4 is 5.73 Å². The highest BCUT2D eigenvalue weighted by atomic mass is 15.2. The molecule has 2 nitrogen and oxygen atoms in total. The summed E-state index contributed by atoms with van der Waals surface area (Å²) < 4.78 is 0. The van der Waals surface area contributed by atoms with Gasteiger partial charge in [-0.3, -0.25) is 4.90 Å². The summed E-state index contributed by atoms with van der Waals surface area (Å²) in [7, 11) is 0. The number of hydrogen-bond acceptors (Lipinski definition) is 2. The van der Waals surface area contributed by atoms with Gasteiger partial charge in [-0.05, 0) is 49.8 Å². The zero-order valence-electron chi connectivity index (χ0n) is 11.7. The average Bonchev–Trinajstić information content (AvgIpc) is 2.36. The standard InChI is InChI=1S/C16H26N2/c1-13-7-8-14(2)18(11-13)12-16-6-4-3-5-15(16)9-10-17/h3-6,13-14H,7-12,17H2,1-2H3. The van der Waals surface area contributed by atoms with Crippen molar-refractivity contribution in [3.05, 3.63) is 35.4 Å². The Bertz CT molecular complexity index is 375. The highest BCUT2D eigenvalue weighted by molar-refractivity contribution is 5.27. The molecule has 1 aromatic carbocycles. The fourth-order valence-corrected chi connectivity index (χ4v) is 2.93. The van der Waals surface area contributed by atoms with E-state index in [2.05, 4.69) is 43.0 Å². The zero-order chi connectivity index (χ0) is 13.0. The molecule has 1 heterocycles. The van der Waals surface area contributed by atoms with Crippen LogP contribution in [-0.4, -0.2) is 24.0 Å². The lowest BCUT2D eigenvalue weighted by Gasteiger charge is -2.37. The van der Waals surface area contributed by atoms with E-state index in [0.29, 0.717) is 6.04 Å². The monoisotopic (exact) mass is 246 g/mol. The van der Waals surface area contributed by atoms with Crippen molar-refractivity contribution in [2.24, 2.45) is 11.7 Å². The highest BCUT2D eigenvalue weighted by Crippen LogP contribution is 2.24. The molecule has 0 aromatic heterocycles. The molecule has 1 aromatic rings. The van der Waals surface area contributed by atoms with Crippen LogP contribution in [0.15, 0.2) is 24.3 Å². The van der Waals surface area contributed by atoms with E-state index in [1.807, 2.05) is 0 Å². The molecule has 0 bridgehead atoms. The van der Waals surface area contributed by atoms with Crippen molar-refractivity contribution in [3.63, 3.8) is 0 Å². The normalized spacial score (nSPS) is 25.3. The Morgan fingerprint density at radius 1 is 1.17 bits per heavy atom. The molecule has 1 saturated heterocycles. The quantitative estimate of drug-likeness (QED) is 0.885. The second kappa shape index (κ2) is 6.35. The molecule has 2 unspecified atom stereocenters. The van der Waals surface area contributed by atoms with E-state index in [1.54, 1.807) is 0 Å². The minimum Gasteiger partial charge on any atom is -0.330 e. The third-order valence-corrected chi connectivity index (χ3v) is 4.15. The maximum Gasteiger partial charge on any atom is 0.0239 e. The maximum absolute atomic E-state index is 5.70. The summed E-state index contributed by atoms with van der Waals surface area (Å²) in [6.45, 7) is 7.78. The van der Waals surface area contributed by atoms with Crippen LogP contribution in [0.4, 0.5) is 0 Å². The van der Waals surface area contributed by atoms with Crippen LogP contribution in [0.2, 0.25) is 0 Å². The lowest BCUT2D eigenvalue weighted by atomic mass is 9.94. The van der Waals surface area contributed by atoms with Gasteiger partial charge in [0.15, 0.2) is 0 Å². The van der Waals surface area contributed by atoms with E-state index >= 15 is 0 Å². The lowest BCUT2D eigenvalue weighted by Crippen LogP contribution is -2.40. The SMILES string of the molecule is CC1CCC(C)N(Cc2ccccc2CCN)C1. The van der Waals surface area contributed by atoms with Crippen molar-refractivity contribution in [2.45, 2.75) is 45.7 Å². The Kier molecular flexibility index (Phi) is 4.79.